The standard InChI is InChI=1S/C26H29N7O2/c1-15-3-6-18(7-4-15)33-21-12-27-10-9-19(21)20-11-28-26(31-25(20)33)30-23-8-5-17-13-32(16(2)34)14-22(35)24(17)29-23/h5,8-12,15,18,22,35H,3-4,6-7,13-14H2,1-2H3,(H,28,29,30,31)/t15?,18?,22-/m1/s1. The third-order valence-electron chi connectivity index (χ3n) is 7.46. The summed E-state index contributed by atoms with van der Waals surface area (Å²) in [5, 5.41) is 15.9. The summed E-state index contributed by atoms with van der Waals surface area (Å²) in [6, 6.07) is 6.16. The zero-order chi connectivity index (χ0) is 24.1. The maximum atomic E-state index is 11.8. The first-order valence-electron chi connectivity index (χ1n) is 12.3. The van der Waals surface area contributed by atoms with Gasteiger partial charge in [0.25, 0.3) is 0 Å². The van der Waals surface area contributed by atoms with Crippen molar-refractivity contribution in [3.8, 4) is 0 Å². The molecule has 1 atom stereocenters. The van der Waals surface area contributed by atoms with Gasteiger partial charge in [-0.1, -0.05) is 13.0 Å². The van der Waals surface area contributed by atoms with Gasteiger partial charge in [0.05, 0.1) is 24.0 Å². The first kappa shape index (κ1) is 21.9. The molecule has 2 N–H and O–H groups in total. The molecule has 0 saturated heterocycles. The molecule has 1 fully saturated rings. The smallest absolute Gasteiger partial charge is 0.230 e. The molecule has 4 aromatic heterocycles. The van der Waals surface area contributed by atoms with Crippen molar-refractivity contribution in [3.05, 3.63) is 48.0 Å². The van der Waals surface area contributed by atoms with Crippen LogP contribution in [0.4, 0.5) is 11.8 Å². The number of rotatable bonds is 3. The van der Waals surface area contributed by atoms with E-state index in [9.17, 15) is 9.90 Å². The van der Waals surface area contributed by atoms with Gasteiger partial charge in [0, 0.05) is 42.7 Å². The third-order valence-corrected chi connectivity index (χ3v) is 7.46. The fourth-order valence-electron chi connectivity index (χ4n) is 5.51. The predicted molar refractivity (Wildman–Crippen MR) is 133 cm³/mol. The minimum Gasteiger partial charge on any atom is -0.385 e. The van der Waals surface area contributed by atoms with E-state index in [1.807, 2.05) is 36.8 Å². The molecule has 1 saturated carbocycles. The number of amides is 1. The molecular formula is C26H29N7O2. The maximum absolute atomic E-state index is 11.8. The number of nitrogens with one attached hydrogen (secondary N) is 1. The first-order valence-corrected chi connectivity index (χ1v) is 12.3. The van der Waals surface area contributed by atoms with Gasteiger partial charge < -0.3 is 19.9 Å². The van der Waals surface area contributed by atoms with Crippen molar-refractivity contribution in [1.29, 1.82) is 0 Å². The lowest BCUT2D eigenvalue weighted by atomic mass is 9.87. The number of pyridine rings is 2. The molecule has 1 aliphatic carbocycles. The number of aliphatic hydroxyl groups is 1. The number of hydrogen-bond donors (Lipinski definition) is 2. The van der Waals surface area contributed by atoms with Crippen LogP contribution in [0.3, 0.4) is 0 Å². The number of carbonyl (C=O) groups excluding carboxylic acids is 1. The maximum Gasteiger partial charge on any atom is 0.230 e. The van der Waals surface area contributed by atoms with Gasteiger partial charge in [-0.05, 0) is 49.3 Å². The molecule has 0 bridgehead atoms. The number of aromatic nitrogens is 5. The molecule has 1 amide bonds. The summed E-state index contributed by atoms with van der Waals surface area (Å²) in [6.45, 7) is 4.53. The molecular weight excluding hydrogens is 442 g/mol. The summed E-state index contributed by atoms with van der Waals surface area (Å²) in [7, 11) is 0. The Hall–Kier alpha value is -3.59. The lowest BCUT2D eigenvalue weighted by Crippen LogP contribution is -2.37. The van der Waals surface area contributed by atoms with Crippen molar-refractivity contribution in [2.24, 2.45) is 5.92 Å². The van der Waals surface area contributed by atoms with Crippen molar-refractivity contribution in [1.82, 2.24) is 29.4 Å². The molecule has 0 aromatic carbocycles. The van der Waals surface area contributed by atoms with Crippen LogP contribution in [0.25, 0.3) is 21.9 Å². The van der Waals surface area contributed by atoms with Gasteiger partial charge in [0.1, 0.15) is 17.6 Å². The molecule has 0 unspecified atom stereocenters. The van der Waals surface area contributed by atoms with Crippen LogP contribution in [-0.4, -0.2) is 47.0 Å². The van der Waals surface area contributed by atoms with E-state index < -0.39 is 6.10 Å². The number of fused-ring (bicyclic) bond motifs is 4. The van der Waals surface area contributed by atoms with Gasteiger partial charge in [-0.2, -0.15) is 4.98 Å². The Kier molecular flexibility index (Phi) is 5.36. The summed E-state index contributed by atoms with van der Waals surface area (Å²) < 4.78 is 2.34. The van der Waals surface area contributed by atoms with Crippen molar-refractivity contribution in [2.75, 3.05) is 11.9 Å². The van der Waals surface area contributed by atoms with Crippen molar-refractivity contribution in [3.63, 3.8) is 0 Å². The fourth-order valence-corrected chi connectivity index (χ4v) is 5.51. The second-order valence-corrected chi connectivity index (χ2v) is 9.89. The van der Waals surface area contributed by atoms with Crippen molar-refractivity contribution in [2.45, 2.75) is 58.2 Å². The first-order chi connectivity index (χ1) is 17.0. The molecule has 5 heterocycles. The van der Waals surface area contributed by atoms with Gasteiger partial charge in [-0.15, -0.1) is 0 Å². The molecule has 9 heteroatoms. The van der Waals surface area contributed by atoms with Crippen LogP contribution in [0.15, 0.2) is 36.8 Å². The molecule has 0 spiro atoms. The highest BCUT2D eigenvalue weighted by molar-refractivity contribution is 6.06. The number of carbonyl (C=O) groups is 1. The normalized spacial score (nSPS) is 22.4. The summed E-state index contributed by atoms with van der Waals surface area (Å²) in [5.74, 6) is 1.73. The zero-order valence-corrected chi connectivity index (χ0v) is 20.0. The zero-order valence-electron chi connectivity index (χ0n) is 20.0. The van der Waals surface area contributed by atoms with Crippen LogP contribution < -0.4 is 5.32 Å². The van der Waals surface area contributed by atoms with E-state index >= 15 is 0 Å². The molecule has 9 nitrogen and oxygen atoms in total. The molecule has 35 heavy (non-hydrogen) atoms. The van der Waals surface area contributed by atoms with Gasteiger partial charge in [-0.3, -0.25) is 9.78 Å². The van der Waals surface area contributed by atoms with Crippen LogP contribution >= 0.6 is 0 Å². The summed E-state index contributed by atoms with van der Waals surface area (Å²) in [6.07, 6.45) is 9.47. The minimum absolute atomic E-state index is 0.0587. The largest absolute Gasteiger partial charge is 0.385 e. The Morgan fingerprint density at radius 1 is 1.09 bits per heavy atom. The third kappa shape index (κ3) is 3.89. The van der Waals surface area contributed by atoms with Crippen LogP contribution in [0.5, 0.6) is 0 Å². The van der Waals surface area contributed by atoms with Crippen LogP contribution in [0.1, 0.15) is 62.9 Å². The average Bonchev–Trinajstić information content (AvgIpc) is 3.18. The van der Waals surface area contributed by atoms with Crippen LogP contribution in [0, 0.1) is 5.92 Å². The Morgan fingerprint density at radius 3 is 2.71 bits per heavy atom. The monoisotopic (exact) mass is 471 g/mol. The number of nitrogens with zero attached hydrogens (tertiary/aromatic N) is 6. The molecule has 180 valence electrons. The van der Waals surface area contributed by atoms with E-state index in [2.05, 4.69) is 31.8 Å². The van der Waals surface area contributed by atoms with E-state index in [1.54, 1.807) is 4.90 Å². The molecule has 6 rings (SSSR count). The van der Waals surface area contributed by atoms with Gasteiger partial charge in [0.15, 0.2) is 0 Å². The topological polar surface area (TPSA) is 109 Å². The summed E-state index contributed by atoms with van der Waals surface area (Å²) in [5.41, 5.74) is 3.43. The SMILES string of the molecule is CC(=O)N1Cc2ccc(Nc3ncc4c5ccncc5n(C5CCC(C)CC5)c4n3)nc2[C@H](O)C1. The quantitative estimate of drug-likeness (QED) is 0.459. The Morgan fingerprint density at radius 2 is 1.91 bits per heavy atom. The second-order valence-electron chi connectivity index (χ2n) is 9.89. The van der Waals surface area contributed by atoms with Gasteiger partial charge in [0.2, 0.25) is 11.9 Å². The van der Waals surface area contributed by atoms with E-state index in [-0.39, 0.29) is 12.5 Å². The minimum atomic E-state index is -0.823. The van der Waals surface area contributed by atoms with Gasteiger partial charge >= 0.3 is 0 Å². The summed E-state index contributed by atoms with van der Waals surface area (Å²) >= 11 is 0. The Bertz CT molecular complexity index is 1420. The molecule has 4 aromatic rings. The van der Waals surface area contributed by atoms with Gasteiger partial charge in [-0.25, -0.2) is 9.97 Å². The van der Waals surface area contributed by atoms with E-state index in [4.69, 9.17) is 4.98 Å². The number of anilines is 2. The lowest BCUT2D eigenvalue weighted by Gasteiger charge is -2.30. The van der Waals surface area contributed by atoms with Crippen LogP contribution in [-0.2, 0) is 11.3 Å². The average molecular weight is 472 g/mol. The highest BCUT2D eigenvalue weighted by Crippen LogP contribution is 2.38. The van der Waals surface area contributed by atoms with E-state index in [0.29, 0.717) is 30.0 Å². The molecule has 1 aliphatic heterocycles. The number of β-amino-alcohol motifs (C(OH)–C–C–N with tert-alkyl or cyclic N) is 1. The predicted octanol–water partition coefficient (Wildman–Crippen LogP) is 4.26. The Labute approximate surface area is 203 Å². The fraction of sp³-hybridized carbons (Fsp3) is 0.423. The molecule has 0 radical (unpaired) electrons. The second kappa shape index (κ2) is 8.57. The van der Waals surface area contributed by atoms with E-state index in [0.717, 1.165) is 46.3 Å². The lowest BCUT2D eigenvalue weighted by molar-refractivity contribution is -0.131. The van der Waals surface area contributed by atoms with Crippen molar-refractivity contribution < 1.29 is 9.90 Å². The summed E-state index contributed by atoms with van der Waals surface area (Å²) in [4.78, 5) is 31.9. The van der Waals surface area contributed by atoms with Crippen LogP contribution in [0.2, 0.25) is 0 Å². The number of hydrogen-bond acceptors (Lipinski definition) is 7. The number of aliphatic hydroxyl groups excluding tert-OH is 1. The highest BCUT2D eigenvalue weighted by atomic mass is 16.3. The van der Waals surface area contributed by atoms with Crippen molar-refractivity contribution >= 4 is 39.6 Å². The van der Waals surface area contributed by atoms with E-state index in [1.165, 1.54) is 19.8 Å². The highest BCUT2D eigenvalue weighted by Gasteiger charge is 2.27. The Balaban J connectivity index is 1.36. The molecule has 2 aliphatic rings.